The van der Waals surface area contributed by atoms with Crippen molar-refractivity contribution in [3.8, 4) is 12.1 Å². The van der Waals surface area contributed by atoms with E-state index in [9.17, 15) is 0 Å². The molecule has 0 saturated carbocycles. The quantitative estimate of drug-likeness (QED) is 0.828. The lowest BCUT2D eigenvalue weighted by Crippen LogP contribution is -2.20. The van der Waals surface area contributed by atoms with E-state index in [0.717, 1.165) is 11.3 Å². The number of nitrogens with zero attached hydrogens (tertiary/aromatic N) is 3. The fourth-order valence-corrected chi connectivity index (χ4v) is 1.52. The van der Waals surface area contributed by atoms with Gasteiger partial charge >= 0.3 is 0 Å². The van der Waals surface area contributed by atoms with Gasteiger partial charge in [0.2, 0.25) is 0 Å². The van der Waals surface area contributed by atoms with Gasteiger partial charge in [-0.3, -0.25) is 0 Å². The highest BCUT2D eigenvalue weighted by atomic mass is 15.0. The first-order chi connectivity index (χ1) is 7.60. The van der Waals surface area contributed by atoms with Crippen molar-refractivity contribution in [3.63, 3.8) is 0 Å². The monoisotopic (exact) mass is 216 g/mol. The van der Waals surface area contributed by atoms with Crippen molar-refractivity contribution < 1.29 is 0 Å². The molecule has 0 radical (unpaired) electrons. The van der Waals surface area contributed by atoms with Gasteiger partial charge in [0.25, 0.3) is 0 Å². The van der Waals surface area contributed by atoms with Crippen molar-refractivity contribution in [3.05, 3.63) is 23.0 Å². The molecule has 0 aliphatic carbocycles. The van der Waals surface area contributed by atoms with Gasteiger partial charge in [0, 0.05) is 25.8 Å². The number of nitriles is 2. The van der Waals surface area contributed by atoms with Gasteiger partial charge in [-0.1, -0.05) is 0 Å². The van der Waals surface area contributed by atoms with E-state index >= 15 is 0 Å². The van der Waals surface area contributed by atoms with Crippen molar-refractivity contribution >= 4 is 0 Å². The van der Waals surface area contributed by atoms with Gasteiger partial charge in [-0.25, -0.2) is 0 Å². The van der Waals surface area contributed by atoms with Crippen molar-refractivity contribution in [2.24, 2.45) is 13.0 Å². The molecule has 0 aliphatic heterocycles. The van der Waals surface area contributed by atoms with E-state index in [1.54, 1.807) is 0 Å². The highest BCUT2D eigenvalue weighted by molar-refractivity contribution is 5.34. The number of hydrogen-bond donors (Lipinski definition) is 1. The van der Waals surface area contributed by atoms with Gasteiger partial charge < -0.3 is 9.88 Å². The Hall–Kier alpha value is -1.78. The Balaban J connectivity index is 2.63. The third-order valence-electron chi connectivity index (χ3n) is 2.74. The van der Waals surface area contributed by atoms with Crippen LogP contribution in [-0.4, -0.2) is 11.1 Å². The molecule has 0 saturated heterocycles. The van der Waals surface area contributed by atoms with E-state index in [1.165, 1.54) is 0 Å². The van der Waals surface area contributed by atoms with E-state index in [4.69, 9.17) is 10.5 Å². The Morgan fingerprint density at radius 2 is 2.19 bits per heavy atom. The lowest BCUT2D eigenvalue weighted by atomic mass is 10.2. The first-order valence-corrected chi connectivity index (χ1v) is 5.25. The third kappa shape index (κ3) is 2.62. The lowest BCUT2D eigenvalue weighted by molar-refractivity contribution is 0.599. The molecule has 4 nitrogen and oxygen atoms in total. The van der Waals surface area contributed by atoms with Crippen LogP contribution >= 0.6 is 0 Å². The summed E-state index contributed by atoms with van der Waals surface area (Å²) >= 11 is 0. The minimum Gasteiger partial charge on any atom is -0.340 e. The van der Waals surface area contributed by atoms with E-state index in [-0.39, 0.29) is 5.92 Å². The van der Waals surface area contributed by atoms with Gasteiger partial charge in [-0.05, 0) is 25.5 Å². The maximum Gasteiger partial charge on any atom is 0.120 e. The zero-order valence-corrected chi connectivity index (χ0v) is 9.91. The molecule has 1 unspecified atom stereocenters. The summed E-state index contributed by atoms with van der Waals surface area (Å²) in [4.78, 5) is 0. The molecule has 1 aromatic heterocycles. The highest BCUT2D eigenvalue weighted by Crippen LogP contribution is 2.12. The molecule has 0 aromatic carbocycles. The fraction of sp³-hybridized carbons (Fsp3) is 0.500. The van der Waals surface area contributed by atoms with Crippen molar-refractivity contribution in [2.75, 3.05) is 6.54 Å². The van der Waals surface area contributed by atoms with Gasteiger partial charge in [0.1, 0.15) is 11.8 Å². The van der Waals surface area contributed by atoms with Crippen LogP contribution < -0.4 is 5.32 Å². The molecule has 1 rings (SSSR count). The molecular formula is C12H16N4. The molecule has 0 spiro atoms. The molecule has 4 heteroatoms. The van der Waals surface area contributed by atoms with Gasteiger partial charge in [-0.15, -0.1) is 0 Å². The average Bonchev–Trinajstić information content (AvgIpc) is 2.56. The van der Waals surface area contributed by atoms with E-state index < -0.39 is 0 Å². The van der Waals surface area contributed by atoms with Crippen molar-refractivity contribution in [1.82, 2.24) is 9.88 Å². The molecule has 0 fully saturated rings. The average molecular weight is 216 g/mol. The topological polar surface area (TPSA) is 64.5 Å². The normalized spacial score (nSPS) is 11.8. The van der Waals surface area contributed by atoms with E-state index in [0.29, 0.717) is 18.8 Å². The largest absolute Gasteiger partial charge is 0.340 e. The summed E-state index contributed by atoms with van der Waals surface area (Å²) in [5, 5.41) is 20.7. The summed E-state index contributed by atoms with van der Waals surface area (Å²) in [7, 11) is 1.88. The molecule has 0 aliphatic rings. The number of rotatable bonds is 4. The maximum absolute atomic E-state index is 8.87. The lowest BCUT2D eigenvalue weighted by Gasteiger charge is -2.06. The second-order valence-corrected chi connectivity index (χ2v) is 3.97. The van der Waals surface area contributed by atoms with Crippen molar-refractivity contribution in [1.29, 1.82) is 10.5 Å². The number of aromatic nitrogens is 1. The van der Waals surface area contributed by atoms with E-state index in [2.05, 4.69) is 17.5 Å². The molecule has 1 N–H and O–H groups in total. The molecule has 16 heavy (non-hydrogen) atoms. The van der Waals surface area contributed by atoms with E-state index in [1.807, 2.05) is 31.5 Å². The smallest absolute Gasteiger partial charge is 0.120 e. The summed E-state index contributed by atoms with van der Waals surface area (Å²) < 4.78 is 1.88. The molecular weight excluding hydrogens is 200 g/mol. The first kappa shape index (κ1) is 12.3. The highest BCUT2D eigenvalue weighted by Gasteiger charge is 2.08. The predicted molar refractivity (Wildman–Crippen MR) is 61.3 cm³/mol. The van der Waals surface area contributed by atoms with Crippen LogP contribution in [0.5, 0.6) is 0 Å². The minimum atomic E-state index is 0.0134. The summed E-state index contributed by atoms with van der Waals surface area (Å²) in [6, 6.07) is 6.21. The second kappa shape index (κ2) is 5.34. The SMILES string of the molecule is Cc1c(CNCC(C)C#N)cc(C#N)n1C. The van der Waals surface area contributed by atoms with Crippen LogP contribution in [-0.2, 0) is 13.6 Å². The zero-order valence-electron chi connectivity index (χ0n) is 9.91. The minimum absolute atomic E-state index is 0.0134. The molecule has 84 valence electrons. The Bertz CT molecular complexity index is 445. The Labute approximate surface area is 96.1 Å². The fourth-order valence-electron chi connectivity index (χ4n) is 1.52. The Morgan fingerprint density at radius 3 is 2.69 bits per heavy atom. The zero-order chi connectivity index (χ0) is 12.1. The summed E-state index contributed by atoms with van der Waals surface area (Å²) in [5.41, 5.74) is 2.88. The molecule has 1 atom stereocenters. The van der Waals surface area contributed by atoms with Crippen LogP contribution in [0.1, 0.15) is 23.9 Å². The molecule has 1 heterocycles. The Morgan fingerprint density at radius 1 is 1.50 bits per heavy atom. The molecule has 0 amide bonds. The van der Waals surface area contributed by atoms with Crippen LogP contribution in [0.2, 0.25) is 0 Å². The molecule has 1 aromatic rings. The number of hydrogen-bond acceptors (Lipinski definition) is 3. The summed E-state index contributed by atoms with van der Waals surface area (Å²) in [6.45, 7) is 5.25. The second-order valence-electron chi connectivity index (χ2n) is 3.97. The standard InChI is InChI=1S/C12H16N4/c1-9(5-13)7-15-8-11-4-12(6-14)16(3)10(11)2/h4,9,15H,7-8H2,1-3H3. The van der Waals surface area contributed by atoms with Gasteiger partial charge in [0.05, 0.1) is 12.0 Å². The summed E-state index contributed by atoms with van der Waals surface area (Å²) in [5.74, 6) is 0.0134. The maximum atomic E-state index is 8.87. The van der Waals surface area contributed by atoms with Gasteiger partial charge in [0.15, 0.2) is 0 Å². The first-order valence-electron chi connectivity index (χ1n) is 5.25. The van der Waals surface area contributed by atoms with Crippen LogP contribution in [0.4, 0.5) is 0 Å². The van der Waals surface area contributed by atoms with Crippen LogP contribution in [0, 0.1) is 35.5 Å². The Kier molecular flexibility index (Phi) is 4.10. The van der Waals surface area contributed by atoms with Crippen LogP contribution in [0.3, 0.4) is 0 Å². The predicted octanol–water partition coefficient (Wildman–Crippen LogP) is 1.45. The number of nitrogens with one attached hydrogen (secondary N) is 1. The van der Waals surface area contributed by atoms with Gasteiger partial charge in [-0.2, -0.15) is 10.5 Å². The molecule has 0 bridgehead atoms. The van der Waals surface area contributed by atoms with Crippen molar-refractivity contribution in [2.45, 2.75) is 20.4 Å². The third-order valence-corrected chi connectivity index (χ3v) is 2.74. The van der Waals surface area contributed by atoms with Crippen LogP contribution in [0.25, 0.3) is 0 Å². The van der Waals surface area contributed by atoms with Crippen LogP contribution in [0.15, 0.2) is 6.07 Å². The summed E-state index contributed by atoms with van der Waals surface area (Å²) in [6.07, 6.45) is 0.